The second-order valence-corrected chi connectivity index (χ2v) is 5.50. The zero-order chi connectivity index (χ0) is 14.0. The van der Waals surface area contributed by atoms with Crippen LogP contribution in [0.2, 0.25) is 0 Å². The van der Waals surface area contributed by atoms with Gasteiger partial charge in [-0.25, -0.2) is 0 Å². The highest BCUT2D eigenvalue weighted by molar-refractivity contribution is 5.31. The van der Waals surface area contributed by atoms with Crippen LogP contribution < -0.4 is 5.73 Å². The van der Waals surface area contributed by atoms with Gasteiger partial charge in [-0.05, 0) is 44.4 Å². The topological polar surface area (TPSA) is 43.8 Å². The monoisotopic (exact) mass is 257 g/mol. The zero-order valence-corrected chi connectivity index (χ0v) is 12.3. The molecule has 0 amide bonds. The van der Waals surface area contributed by atoms with Gasteiger partial charge in [-0.2, -0.15) is 5.10 Å². The maximum atomic E-state index is 6.29. The van der Waals surface area contributed by atoms with E-state index in [0.29, 0.717) is 0 Å². The third-order valence-corrected chi connectivity index (χ3v) is 3.56. The third-order valence-electron chi connectivity index (χ3n) is 3.56. The summed E-state index contributed by atoms with van der Waals surface area (Å²) in [5.41, 5.74) is 12.5. The molecule has 2 rings (SSSR count). The molecule has 1 aromatic heterocycles. The first kappa shape index (κ1) is 13.8. The Morgan fingerprint density at radius 1 is 1.16 bits per heavy atom. The number of rotatable bonds is 4. The standard InChI is InChI=1S/C16H23N3/c1-11-5-6-12(2)14(7-11)9-15(17)10-16-8-13(3)18-19(16)4/h5-8,15H,9-10,17H2,1-4H3. The van der Waals surface area contributed by atoms with Crippen molar-refractivity contribution >= 4 is 0 Å². The van der Waals surface area contributed by atoms with Gasteiger partial charge in [0.15, 0.2) is 0 Å². The Kier molecular flexibility index (Phi) is 4.05. The van der Waals surface area contributed by atoms with Crippen molar-refractivity contribution in [1.29, 1.82) is 0 Å². The van der Waals surface area contributed by atoms with Crippen LogP contribution in [0.25, 0.3) is 0 Å². The fraction of sp³-hybridized carbons (Fsp3) is 0.438. The summed E-state index contributed by atoms with van der Waals surface area (Å²) < 4.78 is 1.93. The molecule has 1 aromatic carbocycles. The maximum absolute atomic E-state index is 6.29. The van der Waals surface area contributed by atoms with E-state index in [2.05, 4.69) is 43.2 Å². The van der Waals surface area contributed by atoms with E-state index in [4.69, 9.17) is 5.73 Å². The molecule has 0 saturated carbocycles. The molecule has 0 saturated heterocycles. The Balaban J connectivity index is 2.07. The quantitative estimate of drug-likeness (QED) is 0.914. The summed E-state index contributed by atoms with van der Waals surface area (Å²) >= 11 is 0. The van der Waals surface area contributed by atoms with Crippen molar-refractivity contribution in [3.8, 4) is 0 Å². The second-order valence-electron chi connectivity index (χ2n) is 5.50. The molecule has 0 fully saturated rings. The molecular weight excluding hydrogens is 234 g/mol. The van der Waals surface area contributed by atoms with Crippen molar-refractivity contribution in [3.63, 3.8) is 0 Å². The maximum Gasteiger partial charge on any atom is 0.0596 e. The van der Waals surface area contributed by atoms with Crippen molar-refractivity contribution in [1.82, 2.24) is 9.78 Å². The van der Waals surface area contributed by atoms with Crippen molar-refractivity contribution in [2.75, 3.05) is 0 Å². The molecule has 1 unspecified atom stereocenters. The van der Waals surface area contributed by atoms with Crippen LogP contribution in [0, 0.1) is 20.8 Å². The number of nitrogens with zero attached hydrogens (tertiary/aromatic N) is 2. The van der Waals surface area contributed by atoms with Crippen LogP contribution in [0.3, 0.4) is 0 Å². The molecular formula is C16H23N3. The van der Waals surface area contributed by atoms with E-state index in [1.807, 2.05) is 18.7 Å². The number of hydrogen-bond donors (Lipinski definition) is 1. The van der Waals surface area contributed by atoms with E-state index in [0.717, 1.165) is 18.5 Å². The molecule has 0 radical (unpaired) electrons. The SMILES string of the molecule is Cc1ccc(C)c(CC(N)Cc2cc(C)nn2C)c1. The van der Waals surface area contributed by atoms with Gasteiger partial charge in [0.25, 0.3) is 0 Å². The van der Waals surface area contributed by atoms with Gasteiger partial charge in [0.1, 0.15) is 0 Å². The van der Waals surface area contributed by atoms with Crippen LogP contribution in [-0.2, 0) is 19.9 Å². The van der Waals surface area contributed by atoms with E-state index in [1.54, 1.807) is 0 Å². The van der Waals surface area contributed by atoms with Gasteiger partial charge in [-0.15, -0.1) is 0 Å². The first-order chi connectivity index (χ1) is 8.95. The molecule has 3 nitrogen and oxygen atoms in total. The molecule has 1 atom stereocenters. The van der Waals surface area contributed by atoms with Crippen molar-refractivity contribution in [2.24, 2.45) is 12.8 Å². The molecule has 2 aromatic rings. The van der Waals surface area contributed by atoms with Crippen molar-refractivity contribution in [2.45, 2.75) is 39.7 Å². The molecule has 102 valence electrons. The fourth-order valence-electron chi connectivity index (χ4n) is 2.50. The number of aryl methyl sites for hydroxylation is 4. The van der Waals surface area contributed by atoms with Crippen LogP contribution in [0.15, 0.2) is 24.3 Å². The summed E-state index contributed by atoms with van der Waals surface area (Å²) in [6.45, 7) is 6.29. The van der Waals surface area contributed by atoms with Gasteiger partial charge in [0.2, 0.25) is 0 Å². The Morgan fingerprint density at radius 3 is 2.53 bits per heavy atom. The fourth-order valence-corrected chi connectivity index (χ4v) is 2.50. The number of nitrogens with two attached hydrogens (primary N) is 1. The first-order valence-electron chi connectivity index (χ1n) is 6.77. The highest BCUT2D eigenvalue weighted by Gasteiger charge is 2.10. The Morgan fingerprint density at radius 2 is 1.89 bits per heavy atom. The van der Waals surface area contributed by atoms with Crippen LogP contribution >= 0.6 is 0 Å². The lowest BCUT2D eigenvalue weighted by Crippen LogP contribution is -2.27. The van der Waals surface area contributed by atoms with Crippen LogP contribution in [-0.4, -0.2) is 15.8 Å². The minimum absolute atomic E-state index is 0.135. The molecule has 2 N–H and O–H groups in total. The summed E-state index contributed by atoms with van der Waals surface area (Å²) in [7, 11) is 1.98. The van der Waals surface area contributed by atoms with Crippen LogP contribution in [0.4, 0.5) is 0 Å². The summed E-state index contributed by atoms with van der Waals surface area (Å²) in [5.74, 6) is 0. The average Bonchev–Trinajstić information content (AvgIpc) is 2.62. The van der Waals surface area contributed by atoms with Crippen LogP contribution in [0.5, 0.6) is 0 Å². The summed E-state index contributed by atoms with van der Waals surface area (Å²) in [5, 5.41) is 4.36. The van der Waals surface area contributed by atoms with Gasteiger partial charge in [0.05, 0.1) is 5.69 Å². The Hall–Kier alpha value is -1.61. The molecule has 19 heavy (non-hydrogen) atoms. The minimum Gasteiger partial charge on any atom is -0.327 e. The molecule has 0 spiro atoms. The lowest BCUT2D eigenvalue weighted by molar-refractivity contribution is 0.611. The predicted molar refractivity (Wildman–Crippen MR) is 79.2 cm³/mol. The van der Waals surface area contributed by atoms with Gasteiger partial charge < -0.3 is 5.73 Å². The van der Waals surface area contributed by atoms with E-state index in [1.165, 1.54) is 22.4 Å². The smallest absolute Gasteiger partial charge is 0.0596 e. The summed E-state index contributed by atoms with van der Waals surface area (Å²) in [6.07, 6.45) is 1.78. The van der Waals surface area contributed by atoms with E-state index in [9.17, 15) is 0 Å². The molecule has 0 aliphatic heterocycles. The van der Waals surface area contributed by atoms with Gasteiger partial charge in [0, 0.05) is 25.2 Å². The van der Waals surface area contributed by atoms with Crippen molar-refractivity contribution < 1.29 is 0 Å². The number of aromatic nitrogens is 2. The Bertz CT molecular complexity index is 569. The molecule has 0 aliphatic carbocycles. The number of benzene rings is 1. The molecule has 1 heterocycles. The normalized spacial score (nSPS) is 12.7. The molecule has 0 aliphatic rings. The minimum atomic E-state index is 0.135. The molecule has 3 heteroatoms. The first-order valence-corrected chi connectivity index (χ1v) is 6.77. The Labute approximate surface area is 115 Å². The lowest BCUT2D eigenvalue weighted by Gasteiger charge is -2.14. The highest BCUT2D eigenvalue weighted by Crippen LogP contribution is 2.14. The average molecular weight is 257 g/mol. The highest BCUT2D eigenvalue weighted by atomic mass is 15.3. The second kappa shape index (κ2) is 5.57. The zero-order valence-electron chi connectivity index (χ0n) is 12.3. The third kappa shape index (κ3) is 3.44. The summed E-state index contributed by atoms with van der Waals surface area (Å²) in [4.78, 5) is 0. The van der Waals surface area contributed by atoms with Crippen LogP contribution in [0.1, 0.15) is 28.1 Å². The predicted octanol–water partition coefficient (Wildman–Crippen LogP) is 2.46. The van der Waals surface area contributed by atoms with Gasteiger partial charge in [-0.1, -0.05) is 23.8 Å². The van der Waals surface area contributed by atoms with Gasteiger partial charge >= 0.3 is 0 Å². The van der Waals surface area contributed by atoms with Crippen molar-refractivity contribution in [3.05, 3.63) is 52.3 Å². The lowest BCUT2D eigenvalue weighted by atomic mass is 9.97. The summed E-state index contributed by atoms with van der Waals surface area (Å²) in [6, 6.07) is 8.81. The van der Waals surface area contributed by atoms with Gasteiger partial charge in [-0.3, -0.25) is 4.68 Å². The largest absolute Gasteiger partial charge is 0.327 e. The van der Waals surface area contributed by atoms with E-state index >= 15 is 0 Å². The molecule has 0 bridgehead atoms. The van der Waals surface area contributed by atoms with E-state index < -0.39 is 0 Å². The van der Waals surface area contributed by atoms with E-state index in [-0.39, 0.29) is 6.04 Å². The number of hydrogen-bond acceptors (Lipinski definition) is 2.